The maximum absolute atomic E-state index is 12.7. The van der Waals surface area contributed by atoms with E-state index in [0.29, 0.717) is 0 Å². The number of nitrogens with two attached hydrogens (primary N) is 1. The molecule has 1 rings (SSSR count). The number of rotatable bonds is 9. The lowest BCUT2D eigenvalue weighted by Gasteiger charge is -2.21. The normalized spacial score (nSPS) is 12.3. The smallest absolute Gasteiger partial charge is 0.321 e. The van der Waals surface area contributed by atoms with E-state index in [4.69, 9.17) is 14.6 Å². The molecular weight excluding hydrogens is 360 g/mol. The van der Waals surface area contributed by atoms with Crippen LogP contribution in [-0.2, 0) is 34.3 Å². The third kappa shape index (κ3) is 5.53. The lowest BCUT2D eigenvalue weighted by atomic mass is 10.4. The summed E-state index contributed by atoms with van der Waals surface area (Å²) in [6.07, 6.45) is 0. The second kappa shape index (κ2) is 8.53. The lowest BCUT2D eigenvalue weighted by molar-refractivity contribution is -0.143. The van der Waals surface area contributed by atoms with E-state index in [1.54, 1.807) is 6.92 Å². The van der Waals surface area contributed by atoms with Crippen LogP contribution in [0.3, 0.4) is 0 Å². The van der Waals surface area contributed by atoms with Gasteiger partial charge in [0.1, 0.15) is 6.54 Å². The Morgan fingerprint density at radius 1 is 1.21 bits per heavy atom. The summed E-state index contributed by atoms with van der Waals surface area (Å²) >= 11 is 0. The van der Waals surface area contributed by atoms with Crippen molar-refractivity contribution < 1.29 is 31.1 Å². The number of methoxy groups -OCH3 is 1. The Hall–Kier alpha value is -1.53. The monoisotopic (exact) mass is 380 g/mol. The minimum absolute atomic E-state index is 0.0491. The number of hydrogen-bond acceptors (Lipinski definition) is 7. The largest absolute Gasteiger partial charge is 0.465 e. The first kappa shape index (κ1) is 20.5. The van der Waals surface area contributed by atoms with Gasteiger partial charge in [-0.05, 0) is 25.1 Å². The number of sulfonamides is 2. The predicted molar refractivity (Wildman–Crippen MR) is 85.1 cm³/mol. The molecule has 136 valence electrons. The molecule has 11 heteroatoms. The molecule has 0 unspecified atom stereocenters. The fraction of sp³-hybridized carbons (Fsp3) is 0.462. The van der Waals surface area contributed by atoms with Crippen LogP contribution in [0.1, 0.15) is 6.92 Å². The molecule has 0 aliphatic carbocycles. The Balaban J connectivity index is 3.22. The molecule has 0 saturated carbocycles. The molecule has 0 atom stereocenters. The quantitative estimate of drug-likeness (QED) is 0.573. The van der Waals surface area contributed by atoms with E-state index in [1.807, 2.05) is 0 Å². The highest BCUT2D eigenvalue weighted by Gasteiger charge is 2.28. The molecule has 0 fully saturated rings. The van der Waals surface area contributed by atoms with E-state index < -0.39 is 32.6 Å². The first-order valence-electron chi connectivity index (χ1n) is 6.90. The molecule has 1 aromatic carbocycles. The molecule has 24 heavy (non-hydrogen) atoms. The van der Waals surface area contributed by atoms with Crippen LogP contribution >= 0.6 is 0 Å². The zero-order valence-corrected chi connectivity index (χ0v) is 15.0. The van der Waals surface area contributed by atoms with Crippen molar-refractivity contribution in [2.24, 2.45) is 5.14 Å². The summed E-state index contributed by atoms with van der Waals surface area (Å²) in [5.74, 6) is -0.722. The van der Waals surface area contributed by atoms with E-state index in [9.17, 15) is 21.6 Å². The SMILES string of the molecule is CCOC(=O)CN(CCOC)S(=O)(=O)c1cccc(S(N)(=O)=O)c1. The summed E-state index contributed by atoms with van der Waals surface area (Å²) in [6.45, 7) is 1.14. The van der Waals surface area contributed by atoms with Gasteiger partial charge in [0, 0.05) is 13.7 Å². The van der Waals surface area contributed by atoms with Crippen LogP contribution in [0.2, 0.25) is 0 Å². The van der Waals surface area contributed by atoms with Crippen LogP contribution in [0.4, 0.5) is 0 Å². The second-order valence-corrected chi connectivity index (χ2v) is 8.16. The van der Waals surface area contributed by atoms with E-state index in [0.717, 1.165) is 10.4 Å². The zero-order valence-electron chi connectivity index (χ0n) is 13.3. The summed E-state index contributed by atoms with van der Waals surface area (Å²) in [4.78, 5) is 11.0. The maximum Gasteiger partial charge on any atom is 0.321 e. The zero-order chi connectivity index (χ0) is 18.4. The second-order valence-electron chi connectivity index (χ2n) is 4.66. The number of primary sulfonamides is 1. The predicted octanol–water partition coefficient (Wildman–Crippen LogP) is -0.466. The van der Waals surface area contributed by atoms with Gasteiger partial charge in [0.15, 0.2) is 0 Å². The summed E-state index contributed by atoms with van der Waals surface area (Å²) in [6, 6.07) is 4.59. The minimum atomic E-state index is -4.14. The Bertz CT molecular complexity index is 775. The first-order chi connectivity index (χ1) is 11.1. The van der Waals surface area contributed by atoms with Gasteiger partial charge in [-0.3, -0.25) is 4.79 Å². The molecule has 0 saturated heterocycles. The highest BCUT2D eigenvalue weighted by atomic mass is 32.2. The Kier molecular flexibility index (Phi) is 7.29. The van der Waals surface area contributed by atoms with E-state index in [-0.39, 0.29) is 29.5 Å². The van der Waals surface area contributed by atoms with Crippen LogP contribution in [0.15, 0.2) is 34.1 Å². The standard InChI is InChI=1S/C13H20N2O7S2/c1-3-22-13(16)10-15(7-8-21-2)24(19,20)12-6-4-5-11(9-12)23(14,17)18/h4-6,9H,3,7-8,10H2,1-2H3,(H2,14,17,18). The van der Waals surface area contributed by atoms with Crippen LogP contribution in [0.5, 0.6) is 0 Å². The third-order valence-corrected chi connectivity index (χ3v) is 5.68. The van der Waals surface area contributed by atoms with Crippen molar-refractivity contribution in [3.05, 3.63) is 24.3 Å². The molecule has 0 aromatic heterocycles. The first-order valence-corrected chi connectivity index (χ1v) is 9.89. The molecule has 2 N–H and O–H groups in total. The van der Waals surface area contributed by atoms with Crippen LogP contribution in [-0.4, -0.2) is 60.5 Å². The average molecular weight is 380 g/mol. The molecule has 0 aliphatic rings. The minimum Gasteiger partial charge on any atom is -0.465 e. The molecule has 1 aromatic rings. The number of nitrogens with zero attached hydrogens (tertiary/aromatic N) is 1. The number of carbonyl (C=O) groups excluding carboxylic acids is 1. The summed E-state index contributed by atoms with van der Waals surface area (Å²) in [5.41, 5.74) is 0. The van der Waals surface area contributed by atoms with Gasteiger partial charge in [0.25, 0.3) is 0 Å². The van der Waals surface area contributed by atoms with Gasteiger partial charge in [-0.15, -0.1) is 0 Å². The van der Waals surface area contributed by atoms with E-state index >= 15 is 0 Å². The van der Waals surface area contributed by atoms with Crippen molar-refractivity contribution in [1.82, 2.24) is 4.31 Å². The summed E-state index contributed by atoms with van der Waals surface area (Å²) in [5, 5.41) is 5.02. The molecule has 0 heterocycles. The molecule has 0 amide bonds. The van der Waals surface area contributed by atoms with Gasteiger partial charge in [-0.2, -0.15) is 4.31 Å². The number of hydrogen-bond donors (Lipinski definition) is 1. The highest BCUT2D eigenvalue weighted by molar-refractivity contribution is 7.90. The van der Waals surface area contributed by atoms with Gasteiger partial charge in [-0.25, -0.2) is 22.0 Å². The number of ether oxygens (including phenoxy) is 2. The van der Waals surface area contributed by atoms with Crippen LogP contribution in [0.25, 0.3) is 0 Å². The number of benzene rings is 1. The van der Waals surface area contributed by atoms with Crippen molar-refractivity contribution >= 4 is 26.0 Å². The maximum atomic E-state index is 12.7. The van der Waals surface area contributed by atoms with Gasteiger partial charge < -0.3 is 9.47 Å². The Morgan fingerprint density at radius 2 is 1.83 bits per heavy atom. The van der Waals surface area contributed by atoms with Crippen molar-refractivity contribution in [2.75, 3.05) is 33.4 Å². The van der Waals surface area contributed by atoms with Gasteiger partial charge in [0.05, 0.1) is 23.0 Å². The van der Waals surface area contributed by atoms with Crippen LogP contribution < -0.4 is 5.14 Å². The molecule has 0 radical (unpaired) electrons. The van der Waals surface area contributed by atoms with Crippen molar-refractivity contribution in [3.8, 4) is 0 Å². The number of carbonyl (C=O) groups is 1. The topological polar surface area (TPSA) is 133 Å². The molecule has 9 nitrogen and oxygen atoms in total. The van der Waals surface area contributed by atoms with Crippen molar-refractivity contribution in [3.63, 3.8) is 0 Å². The van der Waals surface area contributed by atoms with Gasteiger partial charge in [0.2, 0.25) is 20.0 Å². The average Bonchev–Trinajstić information content (AvgIpc) is 2.50. The molecule has 0 aliphatic heterocycles. The fourth-order valence-corrected chi connectivity index (χ4v) is 3.84. The van der Waals surface area contributed by atoms with E-state index in [1.165, 1.54) is 25.3 Å². The van der Waals surface area contributed by atoms with Gasteiger partial charge >= 0.3 is 5.97 Å². The Morgan fingerprint density at radius 3 is 2.38 bits per heavy atom. The number of esters is 1. The molecule has 0 bridgehead atoms. The summed E-state index contributed by atoms with van der Waals surface area (Å²) < 4.78 is 58.6. The summed E-state index contributed by atoms with van der Waals surface area (Å²) in [7, 11) is -6.81. The Labute approximate surface area is 141 Å². The molecule has 0 spiro atoms. The third-order valence-electron chi connectivity index (χ3n) is 2.93. The van der Waals surface area contributed by atoms with E-state index in [2.05, 4.69) is 0 Å². The molecular formula is C13H20N2O7S2. The van der Waals surface area contributed by atoms with Crippen molar-refractivity contribution in [2.45, 2.75) is 16.7 Å². The van der Waals surface area contributed by atoms with Crippen molar-refractivity contribution in [1.29, 1.82) is 0 Å². The fourth-order valence-electron chi connectivity index (χ4n) is 1.79. The lowest BCUT2D eigenvalue weighted by Crippen LogP contribution is -2.38. The van der Waals surface area contributed by atoms with Gasteiger partial charge in [-0.1, -0.05) is 6.07 Å². The van der Waals surface area contributed by atoms with Crippen LogP contribution in [0, 0.1) is 0 Å². The highest BCUT2D eigenvalue weighted by Crippen LogP contribution is 2.19.